The van der Waals surface area contributed by atoms with Gasteiger partial charge in [0.2, 0.25) is 5.91 Å². The van der Waals surface area contributed by atoms with Crippen LogP contribution in [0.2, 0.25) is 0 Å². The molecular formula is C15H20ClN3O3S. The van der Waals surface area contributed by atoms with E-state index in [1.165, 1.54) is 11.8 Å². The van der Waals surface area contributed by atoms with Crippen molar-refractivity contribution in [2.45, 2.75) is 19.6 Å². The van der Waals surface area contributed by atoms with E-state index in [1.807, 2.05) is 13.8 Å². The third-order valence-corrected chi connectivity index (χ3v) is 4.13. The van der Waals surface area contributed by atoms with Gasteiger partial charge in [-0.1, -0.05) is 5.16 Å². The van der Waals surface area contributed by atoms with Crippen molar-refractivity contribution in [1.82, 2.24) is 5.16 Å². The maximum Gasteiger partial charge on any atom is 0.234 e. The van der Waals surface area contributed by atoms with E-state index >= 15 is 0 Å². The minimum atomic E-state index is -0.0821. The van der Waals surface area contributed by atoms with Gasteiger partial charge >= 0.3 is 0 Å². The Morgan fingerprint density at radius 2 is 2.17 bits per heavy atom. The van der Waals surface area contributed by atoms with Gasteiger partial charge in [0.1, 0.15) is 11.5 Å². The number of rotatable bonds is 6. The molecule has 0 saturated carbocycles. The Morgan fingerprint density at radius 1 is 1.43 bits per heavy atom. The van der Waals surface area contributed by atoms with Crippen molar-refractivity contribution in [3.63, 3.8) is 0 Å². The molecular weight excluding hydrogens is 338 g/mol. The lowest BCUT2D eigenvalue weighted by atomic mass is 10.2. The second kappa shape index (κ2) is 8.69. The van der Waals surface area contributed by atoms with Gasteiger partial charge in [-0.25, -0.2) is 0 Å². The molecule has 1 amide bonds. The molecule has 1 aromatic heterocycles. The molecule has 0 aliphatic carbocycles. The molecule has 0 aliphatic heterocycles. The van der Waals surface area contributed by atoms with Gasteiger partial charge in [0.05, 0.1) is 24.2 Å². The Hall–Kier alpha value is -1.86. The first kappa shape index (κ1) is 19.2. The highest BCUT2D eigenvalue weighted by molar-refractivity contribution is 7.99. The molecule has 23 heavy (non-hydrogen) atoms. The predicted octanol–water partition coefficient (Wildman–Crippen LogP) is 3.18. The van der Waals surface area contributed by atoms with Gasteiger partial charge in [0, 0.05) is 17.0 Å². The molecule has 126 valence electrons. The molecule has 0 saturated heterocycles. The number of ether oxygens (including phenoxy) is 1. The van der Waals surface area contributed by atoms with Crippen molar-refractivity contribution in [3.8, 4) is 5.75 Å². The number of nitrogens with zero attached hydrogens (tertiary/aromatic N) is 1. The number of nitrogen functional groups attached to an aromatic ring is 1. The van der Waals surface area contributed by atoms with Crippen LogP contribution in [-0.2, 0) is 10.5 Å². The van der Waals surface area contributed by atoms with Crippen molar-refractivity contribution in [3.05, 3.63) is 35.2 Å². The normalized spacial score (nSPS) is 10.0. The van der Waals surface area contributed by atoms with E-state index in [2.05, 4.69) is 10.5 Å². The Balaban J connectivity index is 0.00000264. The average molecular weight is 358 g/mol. The lowest BCUT2D eigenvalue weighted by Gasteiger charge is -2.08. The van der Waals surface area contributed by atoms with E-state index in [0.717, 1.165) is 17.0 Å². The number of nitrogens with one attached hydrogen (secondary N) is 1. The van der Waals surface area contributed by atoms with Crippen molar-refractivity contribution < 1.29 is 14.1 Å². The third kappa shape index (κ3) is 5.07. The molecule has 6 nitrogen and oxygen atoms in total. The number of benzene rings is 1. The summed E-state index contributed by atoms with van der Waals surface area (Å²) >= 11 is 1.51. The van der Waals surface area contributed by atoms with Crippen LogP contribution in [0, 0.1) is 13.8 Å². The van der Waals surface area contributed by atoms with Gasteiger partial charge < -0.3 is 20.3 Å². The van der Waals surface area contributed by atoms with Gasteiger partial charge in [-0.15, -0.1) is 24.2 Å². The highest BCUT2D eigenvalue weighted by Gasteiger charge is 2.10. The van der Waals surface area contributed by atoms with Crippen LogP contribution >= 0.6 is 24.2 Å². The van der Waals surface area contributed by atoms with Crippen LogP contribution < -0.4 is 15.8 Å². The summed E-state index contributed by atoms with van der Waals surface area (Å²) in [6.45, 7) is 3.77. The lowest BCUT2D eigenvalue weighted by molar-refractivity contribution is -0.113. The minimum Gasteiger partial charge on any atom is -0.495 e. The van der Waals surface area contributed by atoms with Crippen LogP contribution in [0.5, 0.6) is 5.75 Å². The number of anilines is 2. The zero-order valence-electron chi connectivity index (χ0n) is 13.2. The lowest BCUT2D eigenvalue weighted by Crippen LogP contribution is -2.14. The van der Waals surface area contributed by atoms with Crippen molar-refractivity contribution in [2.24, 2.45) is 0 Å². The van der Waals surface area contributed by atoms with E-state index in [-0.39, 0.29) is 18.3 Å². The van der Waals surface area contributed by atoms with Crippen LogP contribution in [0.3, 0.4) is 0 Å². The second-order valence-electron chi connectivity index (χ2n) is 4.80. The van der Waals surface area contributed by atoms with Crippen LogP contribution in [0.15, 0.2) is 22.7 Å². The van der Waals surface area contributed by atoms with Gasteiger partial charge in [0.15, 0.2) is 0 Å². The molecule has 3 N–H and O–H groups in total. The fraction of sp³-hybridized carbons (Fsp3) is 0.333. The van der Waals surface area contributed by atoms with Gasteiger partial charge in [-0.05, 0) is 32.0 Å². The first-order valence-corrected chi connectivity index (χ1v) is 7.89. The van der Waals surface area contributed by atoms with E-state index in [1.54, 1.807) is 25.3 Å². The summed E-state index contributed by atoms with van der Waals surface area (Å²) in [5.74, 6) is 2.34. The number of carbonyl (C=O) groups is 1. The number of carbonyl (C=O) groups excluding carboxylic acids is 1. The first-order valence-electron chi connectivity index (χ1n) is 6.74. The third-order valence-electron chi connectivity index (χ3n) is 3.17. The minimum absolute atomic E-state index is 0. The largest absolute Gasteiger partial charge is 0.495 e. The molecule has 0 bridgehead atoms. The molecule has 2 rings (SSSR count). The molecule has 0 aliphatic rings. The molecule has 1 heterocycles. The Bertz CT molecular complexity index is 656. The highest BCUT2D eigenvalue weighted by atomic mass is 35.5. The summed E-state index contributed by atoms with van der Waals surface area (Å²) in [5, 5.41) is 6.70. The monoisotopic (exact) mass is 357 g/mol. The number of hydrogen-bond donors (Lipinski definition) is 2. The number of thioether (sulfide) groups is 1. The number of methoxy groups -OCH3 is 1. The molecule has 0 atom stereocenters. The van der Waals surface area contributed by atoms with E-state index < -0.39 is 0 Å². The van der Waals surface area contributed by atoms with Crippen LogP contribution in [0.4, 0.5) is 11.4 Å². The van der Waals surface area contributed by atoms with Crippen LogP contribution in [0.1, 0.15) is 17.0 Å². The van der Waals surface area contributed by atoms with E-state index in [0.29, 0.717) is 28.6 Å². The maximum absolute atomic E-state index is 11.9. The fourth-order valence-electron chi connectivity index (χ4n) is 1.96. The zero-order chi connectivity index (χ0) is 16.1. The smallest absolute Gasteiger partial charge is 0.234 e. The van der Waals surface area contributed by atoms with Crippen LogP contribution in [0.25, 0.3) is 0 Å². The molecule has 0 radical (unpaired) electrons. The summed E-state index contributed by atoms with van der Waals surface area (Å²) < 4.78 is 10.2. The zero-order valence-corrected chi connectivity index (χ0v) is 14.8. The van der Waals surface area contributed by atoms with Crippen LogP contribution in [-0.4, -0.2) is 23.9 Å². The Morgan fingerprint density at radius 3 is 2.74 bits per heavy atom. The summed E-state index contributed by atoms with van der Waals surface area (Å²) in [7, 11) is 1.55. The van der Waals surface area contributed by atoms with E-state index in [9.17, 15) is 4.79 Å². The second-order valence-corrected chi connectivity index (χ2v) is 5.79. The fourth-order valence-corrected chi connectivity index (χ4v) is 2.94. The number of halogens is 1. The number of aryl methyl sites for hydroxylation is 2. The van der Waals surface area contributed by atoms with Crippen molar-refractivity contribution >= 4 is 41.5 Å². The summed E-state index contributed by atoms with van der Waals surface area (Å²) in [6.07, 6.45) is 0. The van der Waals surface area contributed by atoms with E-state index in [4.69, 9.17) is 15.0 Å². The maximum atomic E-state index is 11.9. The van der Waals surface area contributed by atoms with Gasteiger partial charge in [-0.3, -0.25) is 4.79 Å². The average Bonchev–Trinajstić information content (AvgIpc) is 2.79. The quantitative estimate of drug-likeness (QED) is 0.771. The highest BCUT2D eigenvalue weighted by Crippen LogP contribution is 2.25. The number of nitrogens with two attached hydrogens (primary N) is 1. The summed E-state index contributed by atoms with van der Waals surface area (Å²) in [5.41, 5.74) is 8.87. The van der Waals surface area contributed by atoms with Crippen molar-refractivity contribution in [2.75, 3.05) is 23.9 Å². The molecule has 2 aromatic rings. The molecule has 8 heteroatoms. The SMILES string of the molecule is COc1ccc(NC(=O)CSCc2c(C)noc2C)cc1N.Cl. The molecule has 0 spiro atoms. The first-order chi connectivity index (χ1) is 10.5. The number of hydrogen-bond acceptors (Lipinski definition) is 6. The molecule has 0 fully saturated rings. The molecule has 0 unspecified atom stereocenters. The Kier molecular flexibility index (Phi) is 7.25. The number of amides is 1. The van der Waals surface area contributed by atoms with Gasteiger partial charge in [-0.2, -0.15) is 0 Å². The predicted molar refractivity (Wildman–Crippen MR) is 95.4 cm³/mol. The van der Waals surface area contributed by atoms with Crippen molar-refractivity contribution in [1.29, 1.82) is 0 Å². The standard InChI is InChI=1S/C15H19N3O3S.ClH/c1-9-12(10(2)21-18-9)7-22-8-15(19)17-11-4-5-14(20-3)13(16)6-11;/h4-6H,7-8,16H2,1-3H3,(H,17,19);1H. The number of aromatic nitrogens is 1. The van der Waals surface area contributed by atoms with Gasteiger partial charge in [0.25, 0.3) is 0 Å². The summed E-state index contributed by atoms with van der Waals surface area (Å²) in [6, 6.07) is 5.16. The Labute approximate surface area is 145 Å². The topological polar surface area (TPSA) is 90.4 Å². The summed E-state index contributed by atoms with van der Waals surface area (Å²) in [4.78, 5) is 11.9. The molecule has 1 aromatic carbocycles.